The Morgan fingerprint density at radius 2 is 1.39 bits per heavy atom. The number of hydrogen-bond acceptors (Lipinski definition) is 5. The molecule has 0 spiro atoms. The van der Waals surface area contributed by atoms with Crippen LogP contribution in [0.1, 0.15) is 42.6 Å². The van der Waals surface area contributed by atoms with Crippen LogP contribution >= 0.6 is 0 Å². The van der Waals surface area contributed by atoms with E-state index in [4.69, 9.17) is 9.47 Å². The number of nitrogens with one attached hydrogen (secondary N) is 3. The Labute approximate surface area is 269 Å². The number of fused-ring (bicyclic) bond motifs is 1. The summed E-state index contributed by atoms with van der Waals surface area (Å²) in [4.78, 5) is 27.5. The van der Waals surface area contributed by atoms with Gasteiger partial charge in [-0.05, 0) is 136 Å². The molecule has 4 aromatic carbocycles. The highest BCUT2D eigenvalue weighted by Crippen LogP contribution is 2.31. The van der Waals surface area contributed by atoms with Crippen LogP contribution in [0.5, 0.6) is 17.2 Å². The third-order valence-corrected chi connectivity index (χ3v) is 7.97. The molecular weight excluding hydrogens is 578 g/mol. The van der Waals surface area contributed by atoms with E-state index in [0.717, 1.165) is 36.6 Å². The molecule has 1 saturated heterocycles. The summed E-state index contributed by atoms with van der Waals surface area (Å²) in [7, 11) is 1.70. The fourth-order valence-electron chi connectivity index (χ4n) is 5.68. The predicted octanol–water partition coefficient (Wildman–Crippen LogP) is 7.81. The van der Waals surface area contributed by atoms with E-state index >= 15 is 0 Å². The zero-order valence-corrected chi connectivity index (χ0v) is 26.4. The minimum atomic E-state index is -0.255. The highest BCUT2D eigenvalue weighted by atomic mass is 16.5. The van der Waals surface area contributed by atoms with Crippen LogP contribution in [0, 0.1) is 0 Å². The van der Waals surface area contributed by atoms with E-state index in [9.17, 15) is 9.59 Å². The van der Waals surface area contributed by atoms with Crippen LogP contribution in [0.4, 0.5) is 16.2 Å². The molecule has 1 aromatic heterocycles. The summed E-state index contributed by atoms with van der Waals surface area (Å²) in [6.45, 7) is 6.97. The highest BCUT2D eigenvalue weighted by Gasteiger charge is 2.17. The molecule has 0 saturated carbocycles. The number of nitrogens with zero attached hydrogens (tertiary/aromatic N) is 2. The second kappa shape index (κ2) is 13.8. The number of aromatic nitrogens is 1. The Morgan fingerprint density at radius 1 is 0.783 bits per heavy atom. The van der Waals surface area contributed by atoms with Crippen LogP contribution in [-0.4, -0.2) is 47.6 Å². The predicted molar refractivity (Wildman–Crippen MR) is 183 cm³/mol. The minimum absolute atomic E-state index is 0.0518. The van der Waals surface area contributed by atoms with E-state index in [-0.39, 0.29) is 18.0 Å². The Hall–Kier alpha value is -5.28. The monoisotopic (exact) mass is 617 g/mol. The van der Waals surface area contributed by atoms with Gasteiger partial charge in [0.2, 0.25) is 0 Å². The Balaban J connectivity index is 1.09. The Kier molecular flexibility index (Phi) is 9.21. The van der Waals surface area contributed by atoms with Crippen molar-refractivity contribution < 1.29 is 19.1 Å². The summed E-state index contributed by atoms with van der Waals surface area (Å²) in [6, 6.07) is 28.0. The van der Waals surface area contributed by atoms with Gasteiger partial charge in [-0.3, -0.25) is 9.69 Å². The van der Waals surface area contributed by atoms with Crippen molar-refractivity contribution in [3.63, 3.8) is 0 Å². The molecule has 0 aliphatic carbocycles. The zero-order chi connectivity index (χ0) is 32.0. The van der Waals surface area contributed by atoms with Gasteiger partial charge >= 0.3 is 6.03 Å². The quantitative estimate of drug-likeness (QED) is 0.149. The molecule has 5 aromatic rings. The lowest BCUT2D eigenvalue weighted by Crippen LogP contribution is -2.34. The molecule has 0 unspecified atom stereocenters. The van der Waals surface area contributed by atoms with Gasteiger partial charge < -0.3 is 30.0 Å². The summed E-state index contributed by atoms with van der Waals surface area (Å²) in [6.07, 6.45) is 4.70. The number of ether oxygens (including phenoxy) is 2. The third-order valence-electron chi connectivity index (χ3n) is 7.97. The molecule has 1 fully saturated rings. The molecule has 1 aliphatic heterocycles. The van der Waals surface area contributed by atoms with E-state index in [1.807, 2.05) is 44.2 Å². The van der Waals surface area contributed by atoms with Crippen LogP contribution in [0.2, 0.25) is 0 Å². The molecule has 9 nitrogen and oxygen atoms in total. The van der Waals surface area contributed by atoms with Crippen molar-refractivity contribution in [1.82, 2.24) is 14.8 Å². The molecule has 1 aliphatic rings. The lowest BCUT2D eigenvalue weighted by molar-refractivity contribution is 0.102. The number of amides is 3. The van der Waals surface area contributed by atoms with Crippen molar-refractivity contribution in [2.75, 3.05) is 30.8 Å². The number of hydrogen-bond donors (Lipinski definition) is 3. The van der Waals surface area contributed by atoms with Gasteiger partial charge in [0, 0.05) is 46.8 Å². The molecule has 6 rings (SSSR count). The Morgan fingerprint density at radius 3 is 2.00 bits per heavy atom. The van der Waals surface area contributed by atoms with E-state index in [0.29, 0.717) is 28.4 Å². The van der Waals surface area contributed by atoms with Crippen LogP contribution in [-0.2, 0) is 6.54 Å². The van der Waals surface area contributed by atoms with Gasteiger partial charge in [0.05, 0.1) is 12.6 Å². The standard InChI is InChI=1S/C37H39N5O4/c1-25(2)38-37(44)40-29-10-16-32(17-11-29)46-31-14-8-28(9-15-31)39-36(43)26-6-12-30(13-7-26)42-24-27(23-41-20-4-5-21-41)34-22-33(45-3)18-19-35(34)42/h6-19,22,24-25H,4-5,20-21,23H2,1-3H3,(H,39,43)(H2,38,40,44). The number of rotatable bonds is 10. The first kappa shape index (κ1) is 30.7. The minimum Gasteiger partial charge on any atom is -0.497 e. The van der Waals surface area contributed by atoms with E-state index in [2.05, 4.69) is 43.7 Å². The largest absolute Gasteiger partial charge is 0.497 e. The van der Waals surface area contributed by atoms with Crippen LogP contribution < -0.4 is 25.4 Å². The number of urea groups is 1. The lowest BCUT2D eigenvalue weighted by atomic mass is 10.1. The highest BCUT2D eigenvalue weighted by molar-refractivity contribution is 6.04. The van der Waals surface area contributed by atoms with Gasteiger partial charge in [-0.15, -0.1) is 0 Å². The number of carbonyl (C=O) groups is 2. The van der Waals surface area contributed by atoms with Crippen LogP contribution in [0.25, 0.3) is 16.6 Å². The smallest absolute Gasteiger partial charge is 0.319 e. The SMILES string of the molecule is COc1ccc2c(c1)c(CN1CCCC1)cn2-c1ccc(C(=O)Nc2ccc(Oc3ccc(NC(=O)NC(C)C)cc3)cc2)cc1. The topological polar surface area (TPSA) is 96.9 Å². The van der Waals surface area contributed by atoms with Gasteiger partial charge in [-0.25, -0.2) is 4.79 Å². The first-order chi connectivity index (χ1) is 22.3. The van der Waals surface area contributed by atoms with Gasteiger partial charge in [0.15, 0.2) is 0 Å². The maximum absolute atomic E-state index is 13.1. The molecule has 0 bridgehead atoms. The summed E-state index contributed by atoms with van der Waals surface area (Å²) >= 11 is 0. The summed E-state index contributed by atoms with van der Waals surface area (Å²) in [5.41, 5.74) is 5.26. The first-order valence-electron chi connectivity index (χ1n) is 15.6. The molecule has 0 radical (unpaired) electrons. The Bertz CT molecular complexity index is 1810. The maximum Gasteiger partial charge on any atom is 0.319 e. The average molecular weight is 618 g/mol. The van der Waals surface area contributed by atoms with Crippen molar-refractivity contribution >= 4 is 34.2 Å². The van der Waals surface area contributed by atoms with E-state index < -0.39 is 0 Å². The molecule has 0 atom stereocenters. The molecule has 2 heterocycles. The van der Waals surface area contributed by atoms with Crippen molar-refractivity contribution in [1.29, 1.82) is 0 Å². The molecule has 3 amide bonds. The third kappa shape index (κ3) is 7.33. The second-order valence-corrected chi connectivity index (χ2v) is 11.8. The van der Waals surface area contributed by atoms with Crippen molar-refractivity contribution in [2.24, 2.45) is 0 Å². The first-order valence-corrected chi connectivity index (χ1v) is 15.6. The summed E-state index contributed by atoms with van der Waals surface area (Å²) in [5.74, 6) is 1.91. The van der Waals surface area contributed by atoms with Crippen molar-refractivity contribution in [2.45, 2.75) is 39.3 Å². The molecule has 9 heteroatoms. The van der Waals surface area contributed by atoms with E-state index in [1.165, 1.54) is 23.8 Å². The number of methoxy groups -OCH3 is 1. The lowest BCUT2D eigenvalue weighted by Gasteiger charge is -2.13. The zero-order valence-electron chi connectivity index (χ0n) is 26.4. The van der Waals surface area contributed by atoms with Gasteiger partial charge in [0.25, 0.3) is 5.91 Å². The molecule has 236 valence electrons. The van der Waals surface area contributed by atoms with Gasteiger partial charge in [-0.1, -0.05) is 0 Å². The number of carbonyl (C=O) groups excluding carboxylic acids is 2. The number of likely N-dealkylation sites (tertiary alicyclic amines) is 1. The molecule has 46 heavy (non-hydrogen) atoms. The molecular formula is C37H39N5O4. The van der Waals surface area contributed by atoms with Gasteiger partial charge in [0.1, 0.15) is 17.2 Å². The maximum atomic E-state index is 13.1. The van der Waals surface area contributed by atoms with Crippen molar-refractivity contribution in [3.8, 4) is 22.9 Å². The fraction of sp³-hybridized carbons (Fsp3) is 0.243. The normalized spacial score (nSPS) is 13.1. The summed E-state index contributed by atoms with van der Waals surface area (Å²) < 4.78 is 13.6. The number of benzene rings is 4. The van der Waals surface area contributed by atoms with Crippen molar-refractivity contribution in [3.05, 3.63) is 108 Å². The fourth-order valence-corrected chi connectivity index (χ4v) is 5.68. The average Bonchev–Trinajstić information content (AvgIpc) is 3.70. The molecule has 3 N–H and O–H groups in total. The number of anilines is 2. The van der Waals surface area contributed by atoms with Crippen LogP contribution in [0.15, 0.2) is 97.2 Å². The van der Waals surface area contributed by atoms with Crippen LogP contribution in [0.3, 0.4) is 0 Å². The van der Waals surface area contributed by atoms with E-state index in [1.54, 1.807) is 55.6 Å². The second-order valence-electron chi connectivity index (χ2n) is 11.8. The van der Waals surface area contributed by atoms with Gasteiger partial charge in [-0.2, -0.15) is 0 Å². The summed E-state index contributed by atoms with van der Waals surface area (Å²) in [5, 5.41) is 9.72.